The fraction of sp³-hybridized carbons (Fsp3) is 0.0455. The van der Waals surface area contributed by atoms with E-state index in [0.29, 0.717) is 11.4 Å². The number of amides is 1. The number of rotatable bonds is 7. The zero-order chi connectivity index (χ0) is 20.7. The highest BCUT2D eigenvalue weighted by molar-refractivity contribution is 7.92. The normalized spacial score (nSPS) is 11.2. The topological polar surface area (TPSA) is 84.5 Å². The number of anilines is 2. The number of benzene rings is 3. The fourth-order valence-electron chi connectivity index (χ4n) is 2.57. The van der Waals surface area contributed by atoms with E-state index in [1.54, 1.807) is 36.4 Å². The van der Waals surface area contributed by atoms with Crippen molar-refractivity contribution in [3.8, 4) is 5.75 Å². The number of hydrogen-bond donors (Lipinski definition) is 2. The third-order valence-electron chi connectivity index (χ3n) is 3.99. The maximum absolute atomic E-state index is 12.6. The SMILES string of the molecule is COc1cc(S(=O)(=O)Nc2ccccc2)ccc1NC(=O)/C=C/c1ccccc1. The van der Waals surface area contributed by atoms with Crippen molar-refractivity contribution in [2.45, 2.75) is 4.90 Å². The van der Waals surface area contributed by atoms with Crippen molar-refractivity contribution >= 4 is 33.4 Å². The van der Waals surface area contributed by atoms with Crippen molar-refractivity contribution < 1.29 is 17.9 Å². The standard InChI is InChI=1S/C22H20N2O4S/c1-28-21-16-19(29(26,27)24-18-10-6-3-7-11-18)13-14-20(21)23-22(25)15-12-17-8-4-2-5-9-17/h2-16,24H,1H3,(H,23,25)/b15-12+. The summed E-state index contributed by atoms with van der Waals surface area (Å²) in [5.74, 6) is -0.118. The lowest BCUT2D eigenvalue weighted by Gasteiger charge is -2.12. The van der Waals surface area contributed by atoms with Crippen molar-refractivity contribution in [2.24, 2.45) is 0 Å². The van der Waals surface area contributed by atoms with Crippen LogP contribution in [0.5, 0.6) is 5.75 Å². The molecule has 0 heterocycles. The molecule has 2 N–H and O–H groups in total. The molecule has 148 valence electrons. The van der Waals surface area contributed by atoms with Crippen molar-refractivity contribution in [3.05, 3.63) is 90.5 Å². The van der Waals surface area contributed by atoms with Gasteiger partial charge in [0.15, 0.2) is 0 Å². The first kappa shape index (κ1) is 20.2. The molecule has 0 aliphatic heterocycles. The second kappa shape index (κ2) is 9.07. The lowest BCUT2D eigenvalue weighted by molar-refractivity contribution is -0.111. The highest BCUT2D eigenvalue weighted by atomic mass is 32.2. The van der Waals surface area contributed by atoms with Crippen LogP contribution < -0.4 is 14.8 Å². The van der Waals surface area contributed by atoms with Gasteiger partial charge in [0.25, 0.3) is 10.0 Å². The molecule has 3 aromatic rings. The Hall–Kier alpha value is -3.58. The minimum absolute atomic E-state index is 0.0241. The number of sulfonamides is 1. The third kappa shape index (κ3) is 5.46. The number of para-hydroxylation sites is 1. The van der Waals surface area contributed by atoms with E-state index in [-0.39, 0.29) is 16.6 Å². The molecule has 3 aromatic carbocycles. The Morgan fingerprint density at radius 1 is 0.931 bits per heavy atom. The van der Waals surface area contributed by atoms with Crippen LogP contribution in [0.2, 0.25) is 0 Å². The Kier molecular flexibility index (Phi) is 6.31. The summed E-state index contributed by atoms with van der Waals surface area (Å²) in [4.78, 5) is 12.2. The summed E-state index contributed by atoms with van der Waals surface area (Å²) >= 11 is 0. The Morgan fingerprint density at radius 2 is 1.59 bits per heavy atom. The molecule has 0 saturated carbocycles. The maximum Gasteiger partial charge on any atom is 0.262 e. The molecule has 0 saturated heterocycles. The van der Waals surface area contributed by atoms with Crippen LogP contribution in [0.4, 0.5) is 11.4 Å². The predicted molar refractivity (Wildman–Crippen MR) is 114 cm³/mol. The molecule has 0 fully saturated rings. The molecule has 0 bridgehead atoms. The van der Waals surface area contributed by atoms with Gasteiger partial charge in [-0.2, -0.15) is 0 Å². The lowest BCUT2D eigenvalue weighted by atomic mass is 10.2. The second-order valence-corrected chi connectivity index (χ2v) is 7.75. The summed E-state index contributed by atoms with van der Waals surface area (Å²) in [6.07, 6.45) is 3.08. The molecular weight excluding hydrogens is 388 g/mol. The summed E-state index contributed by atoms with van der Waals surface area (Å²) in [6.45, 7) is 0. The van der Waals surface area contributed by atoms with Gasteiger partial charge in [-0.3, -0.25) is 9.52 Å². The Morgan fingerprint density at radius 3 is 2.24 bits per heavy atom. The van der Waals surface area contributed by atoms with Crippen molar-refractivity contribution in [3.63, 3.8) is 0 Å². The van der Waals surface area contributed by atoms with Crippen molar-refractivity contribution in [1.82, 2.24) is 0 Å². The monoisotopic (exact) mass is 408 g/mol. The lowest BCUT2D eigenvalue weighted by Crippen LogP contribution is -2.14. The van der Waals surface area contributed by atoms with E-state index in [9.17, 15) is 13.2 Å². The maximum atomic E-state index is 12.6. The number of methoxy groups -OCH3 is 1. The smallest absolute Gasteiger partial charge is 0.262 e. The van der Waals surface area contributed by atoms with Gasteiger partial charge >= 0.3 is 0 Å². The molecule has 0 radical (unpaired) electrons. The van der Waals surface area contributed by atoms with Gasteiger partial charge in [0.05, 0.1) is 17.7 Å². The second-order valence-electron chi connectivity index (χ2n) is 6.07. The van der Waals surface area contributed by atoms with E-state index in [0.717, 1.165) is 5.56 Å². The van der Waals surface area contributed by atoms with E-state index in [2.05, 4.69) is 10.0 Å². The molecule has 6 nitrogen and oxygen atoms in total. The van der Waals surface area contributed by atoms with E-state index in [1.165, 1.54) is 31.4 Å². The van der Waals surface area contributed by atoms with Gasteiger partial charge in [0.1, 0.15) is 5.75 Å². The molecule has 29 heavy (non-hydrogen) atoms. The highest BCUT2D eigenvalue weighted by Gasteiger charge is 2.17. The zero-order valence-corrected chi connectivity index (χ0v) is 16.5. The van der Waals surface area contributed by atoms with E-state index in [1.807, 2.05) is 30.3 Å². The molecule has 7 heteroatoms. The van der Waals surface area contributed by atoms with E-state index < -0.39 is 10.0 Å². The number of carbonyl (C=O) groups is 1. The molecule has 0 spiro atoms. The van der Waals surface area contributed by atoms with Gasteiger partial charge in [-0.1, -0.05) is 48.5 Å². The van der Waals surface area contributed by atoms with Crippen LogP contribution in [0, 0.1) is 0 Å². The first-order chi connectivity index (χ1) is 14.0. The first-order valence-electron chi connectivity index (χ1n) is 8.78. The quantitative estimate of drug-likeness (QED) is 0.575. The average molecular weight is 408 g/mol. The van der Waals surface area contributed by atoms with Crippen LogP contribution in [-0.2, 0) is 14.8 Å². The molecule has 0 unspecified atom stereocenters. The van der Waals surface area contributed by atoms with Crippen LogP contribution in [0.1, 0.15) is 5.56 Å². The van der Waals surface area contributed by atoms with Crippen LogP contribution in [0.15, 0.2) is 89.8 Å². The molecule has 1 amide bonds. The van der Waals surface area contributed by atoms with E-state index >= 15 is 0 Å². The Labute approximate surface area is 169 Å². The van der Waals surface area contributed by atoms with Gasteiger partial charge in [0, 0.05) is 17.8 Å². The van der Waals surface area contributed by atoms with Crippen molar-refractivity contribution in [2.75, 3.05) is 17.1 Å². The first-order valence-corrected chi connectivity index (χ1v) is 10.3. The number of ether oxygens (including phenoxy) is 1. The minimum Gasteiger partial charge on any atom is -0.495 e. The molecule has 3 rings (SSSR count). The summed E-state index contributed by atoms with van der Waals surface area (Å²) < 4.78 is 33.0. The molecule has 0 atom stereocenters. The predicted octanol–water partition coefficient (Wildman–Crippen LogP) is 4.15. The Balaban J connectivity index is 1.76. The van der Waals surface area contributed by atoms with Crippen LogP contribution in [0.3, 0.4) is 0 Å². The van der Waals surface area contributed by atoms with Crippen LogP contribution in [0.25, 0.3) is 6.08 Å². The minimum atomic E-state index is -3.79. The summed E-state index contributed by atoms with van der Waals surface area (Å²) in [7, 11) is -2.39. The molecule has 0 aliphatic carbocycles. The summed E-state index contributed by atoms with van der Waals surface area (Å²) in [5, 5.41) is 2.69. The van der Waals surface area contributed by atoms with Gasteiger partial charge in [-0.15, -0.1) is 0 Å². The number of carbonyl (C=O) groups excluding carboxylic acids is 1. The van der Waals surface area contributed by atoms with Crippen molar-refractivity contribution in [1.29, 1.82) is 0 Å². The largest absolute Gasteiger partial charge is 0.495 e. The Bertz CT molecular complexity index is 1110. The summed E-state index contributed by atoms with van der Waals surface area (Å²) in [6, 6.07) is 22.2. The zero-order valence-electron chi connectivity index (χ0n) is 15.7. The van der Waals surface area contributed by atoms with E-state index in [4.69, 9.17) is 4.74 Å². The molecule has 0 aliphatic rings. The van der Waals surface area contributed by atoms with Gasteiger partial charge in [-0.25, -0.2) is 8.42 Å². The highest BCUT2D eigenvalue weighted by Crippen LogP contribution is 2.28. The van der Waals surface area contributed by atoms with Gasteiger partial charge in [-0.05, 0) is 35.9 Å². The van der Waals surface area contributed by atoms with Crippen LogP contribution in [-0.4, -0.2) is 21.4 Å². The molecule has 0 aromatic heterocycles. The van der Waals surface area contributed by atoms with Crippen LogP contribution >= 0.6 is 0 Å². The number of nitrogens with one attached hydrogen (secondary N) is 2. The van der Waals surface area contributed by atoms with Gasteiger partial charge < -0.3 is 10.1 Å². The third-order valence-corrected chi connectivity index (χ3v) is 5.37. The number of hydrogen-bond acceptors (Lipinski definition) is 4. The van der Waals surface area contributed by atoms with Gasteiger partial charge in [0.2, 0.25) is 5.91 Å². The summed E-state index contributed by atoms with van der Waals surface area (Å²) in [5.41, 5.74) is 1.71. The fourth-order valence-corrected chi connectivity index (χ4v) is 3.65. The molecular formula is C22H20N2O4S. The average Bonchev–Trinajstić information content (AvgIpc) is 2.73.